The molecule has 0 aromatic heterocycles. The fourth-order valence-corrected chi connectivity index (χ4v) is 0. The predicted octanol–water partition coefficient (Wildman–Crippen LogP) is 0.233. The van der Waals surface area contributed by atoms with Crippen LogP contribution in [0.4, 0.5) is 9.59 Å². The van der Waals surface area contributed by atoms with Crippen molar-refractivity contribution in [3.8, 4) is 0 Å². The highest BCUT2D eigenvalue weighted by Gasteiger charge is 1.88. The Bertz CT molecular complexity index is 170. The molecule has 6 N–H and O–H groups in total. The van der Waals surface area contributed by atoms with Crippen LogP contribution in [0.3, 0.4) is 0 Å². The zero-order valence-electron chi connectivity index (χ0n) is 9.20. The minimum absolute atomic E-state index is 0.407. The number of carbonyl (C=O) groups is 2. The van der Waals surface area contributed by atoms with E-state index in [2.05, 4.69) is 18.0 Å². The zero-order chi connectivity index (χ0) is 12.3. The van der Waals surface area contributed by atoms with Gasteiger partial charge in [0.25, 0.3) is 0 Å². The van der Waals surface area contributed by atoms with Crippen molar-refractivity contribution in [2.45, 2.75) is 13.8 Å². The second-order valence-corrected chi connectivity index (χ2v) is 2.84. The quantitative estimate of drug-likeness (QED) is 0.490. The summed E-state index contributed by atoms with van der Waals surface area (Å²) in [6.45, 7) is 7.50. The lowest BCUT2D eigenvalue weighted by atomic mass is 10.4. The molecular formula is C8H20N4O2. The molecule has 14 heavy (non-hydrogen) atoms. The Kier molecular flexibility index (Phi) is 14.6. The van der Waals surface area contributed by atoms with Crippen molar-refractivity contribution in [3.63, 3.8) is 0 Å². The Balaban J connectivity index is -0.000000135. The standard InChI is InChI=1S/C4H8.C3H8N2O.CH4N2O/c1-4(2)3;1-5(2)3(4)6;2-1(3)4/h1H2,2-3H3;1-2H3,(H2,4,6);(H4,2,3,4). The molecule has 0 spiro atoms. The molecule has 84 valence electrons. The van der Waals surface area contributed by atoms with E-state index < -0.39 is 12.1 Å². The van der Waals surface area contributed by atoms with Crippen molar-refractivity contribution < 1.29 is 9.59 Å². The number of nitrogens with two attached hydrogens (primary N) is 3. The van der Waals surface area contributed by atoms with E-state index in [1.165, 1.54) is 10.5 Å². The number of nitrogens with zero attached hydrogens (tertiary/aromatic N) is 1. The number of carbonyl (C=O) groups excluding carboxylic acids is 2. The van der Waals surface area contributed by atoms with Gasteiger partial charge in [0, 0.05) is 14.1 Å². The van der Waals surface area contributed by atoms with Gasteiger partial charge >= 0.3 is 12.1 Å². The number of urea groups is 2. The normalized spacial score (nSPS) is 6.86. The lowest BCUT2D eigenvalue weighted by Gasteiger charge is -2.01. The van der Waals surface area contributed by atoms with Gasteiger partial charge in [0.2, 0.25) is 0 Å². The highest BCUT2D eigenvalue weighted by molar-refractivity contribution is 5.71. The summed E-state index contributed by atoms with van der Waals surface area (Å²) in [5, 5.41) is 0. The maximum Gasteiger partial charge on any atom is 0.314 e. The molecule has 0 aromatic rings. The van der Waals surface area contributed by atoms with E-state index in [1.54, 1.807) is 14.1 Å². The molecule has 0 atom stereocenters. The molecule has 0 saturated heterocycles. The summed E-state index contributed by atoms with van der Waals surface area (Å²) >= 11 is 0. The van der Waals surface area contributed by atoms with Crippen molar-refractivity contribution in [2.75, 3.05) is 14.1 Å². The van der Waals surface area contributed by atoms with Gasteiger partial charge < -0.3 is 22.1 Å². The van der Waals surface area contributed by atoms with Crippen LogP contribution in [-0.2, 0) is 0 Å². The van der Waals surface area contributed by atoms with Gasteiger partial charge in [0.1, 0.15) is 0 Å². The highest BCUT2D eigenvalue weighted by Crippen LogP contribution is 1.73. The topological polar surface area (TPSA) is 115 Å². The summed E-state index contributed by atoms with van der Waals surface area (Å²) in [5.74, 6) is 0. The van der Waals surface area contributed by atoms with Gasteiger partial charge in [-0.05, 0) is 13.8 Å². The summed E-state index contributed by atoms with van der Waals surface area (Å²) in [5.41, 5.74) is 14.4. The predicted molar refractivity (Wildman–Crippen MR) is 57.5 cm³/mol. The Morgan fingerprint density at radius 2 is 1.14 bits per heavy atom. The molecule has 4 amide bonds. The Morgan fingerprint density at radius 3 is 1.14 bits per heavy atom. The summed E-state index contributed by atoms with van der Waals surface area (Å²) in [4.78, 5) is 20.2. The Morgan fingerprint density at radius 1 is 1.07 bits per heavy atom. The van der Waals surface area contributed by atoms with Gasteiger partial charge in [0.15, 0.2) is 0 Å². The third kappa shape index (κ3) is 170. The molecule has 0 aliphatic carbocycles. The van der Waals surface area contributed by atoms with Gasteiger partial charge in [-0.25, -0.2) is 9.59 Å². The minimum Gasteiger partial charge on any atom is -0.352 e. The molecule has 0 saturated carbocycles. The largest absolute Gasteiger partial charge is 0.352 e. The van der Waals surface area contributed by atoms with Crippen molar-refractivity contribution in [1.29, 1.82) is 0 Å². The molecule has 0 radical (unpaired) electrons. The van der Waals surface area contributed by atoms with E-state index >= 15 is 0 Å². The van der Waals surface area contributed by atoms with Crippen LogP contribution < -0.4 is 17.2 Å². The Hall–Kier alpha value is -1.72. The van der Waals surface area contributed by atoms with Crippen LogP contribution in [0.15, 0.2) is 12.2 Å². The van der Waals surface area contributed by atoms with E-state index in [9.17, 15) is 4.79 Å². The van der Waals surface area contributed by atoms with Crippen LogP contribution in [0.2, 0.25) is 0 Å². The number of primary amides is 3. The van der Waals surface area contributed by atoms with Gasteiger partial charge in [-0.15, -0.1) is 6.58 Å². The molecule has 0 heterocycles. The van der Waals surface area contributed by atoms with E-state index in [4.69, 9.17) is 10.5 Å². The molecule has 0 unspecified atom stereocenters. The molecular weight excluding hydrogens is 184 g/mol. The molecule has 0 fully saturated rings. The minimum atomic E-state index is -0.833. The summed E-state index contributed by atoms with van der Waals surface area (Å²) < 4.78 is 0. The fraction of sp³-hybridized carbons (Fsp3) is 0.500. The monoisotopic (exact) mass is 204 g/mol. The molecule has 0 rings (SSSR count). The number of hydrogen-bond acceptors (Lipinski definition) is 2. The lowest BCUT2D eigenvalue weighted by Crippen LogP contribution is -2.27. The summed E-state index contributed by atoms with van der Waals surface area (Å²) in [6, 6.07) is -1.24. The van der Waals surface area contributed by atoms with E-state index in [0.717, 1.165) is 0 Å². The zero-order valence-corrected chi connectivity index (χ0v) is 9.20. The maximum absolute atomic E-state index is 9.85. The number of amides is 4. The summed E-state index contributed by atoms with van der Waals surface area (Å²) in [6.07, 6.45) is 0. The van der Waals surface area contributed by atoms with Crippen molar-refractivity contribution in [2.24, 2.45) is 17.2 Å². The van der Waals surface area contributed by atoms with Gasteiger partial charge in [-0.3, -0.25) is 0 Å². The average Bonchev–Trinajstić information content (AvgIpc) is 1.83. The first kappa shape index (κ1) is 18.1. The Labute approximate surface area is 84.7 Å². The first-order valence-corrected chi connectivity index (χ1v) is 3.75. The third-order valence-electron chi connectivity index (χ3n) is 0.441. The third-order valence-corrected chi connectivity index (χ3v) is 0.441. The van der Waals surface area contributed by atoms with E-state index in [0.29, 0.717) is 0 Å². The SMILES string of the molecule is C=C(C)C.CN(C)C(N)=O.NC(N)=O. The molecule has 0 aliphatic rings. The maximum atomic E-state index is 9.85. The van der Waals surface area contributed by atoms with Crippen LogP contribution >= 0.6 is 0 Å². The molecule has 6 nitrogen and oxygen atoms in total. The van der Waals surface area contributed by atoms with Crippen LogP contribution in [0, 0.1) is 0 Å². The summed E-state index contributed by atoms with van der Waals surface area (Å²) in [7, 11) is 3.20. The number of allylic oxidation sites excluding steroid dienone is 1. The first-order chi connectivity index (χ1) is 6.11. The van der Waals surface area contributed by atoms with Crippen LogP contribution in [0.5, 0.6) is 0 Å². The molecule has 0 aromatic carbocycles. The smallest absolute Gasteiger partial charge is 0.314 e. The van der Waals surface area contributed by atoms with Gasteiger partial charge in [-0.2, -0.15) is 0 Å². The number of rotatable bonds is 0. The molecule has 0 bridgehead atoms. The second-order valence-electron chi connectivity index (χ2n) is 2.84. The van der Waals surface area contributed by atoms with Crippen LogP contribution in [-0.4, -0.2) is 31.1 Å². The molecule has 6 heteroatoms. The first-order valence-electron chi connectivity index (χ1n) is 3.75. The van der Waals surface area contributed by atoms with Crippen LogP contribution in [0.25, 0.3) is 0 Å². The van der Waals surface area contributed by atoms with Crippen molar-refractivity contribution in [1.82, 2.24) is 4.90 Å². The molecule has 0 aliphatic heterocycles. The lowest BCUT2D eigenvalue weighted by molar-refractivity contribution is 0.227. The second kappa shape index (κ2) is 11.3. The van der Waals surface area contributed by atoms with Gasteiger partial charge in [0.05, 0.1) is 0 Å². The van der Waals surface area contributed by atoms with Crippen molar-refractivity contribution in [3.05, 3.63) is 12.2 Å². The average molecular weight is 204 g/mol. The fourth-order valence-electron chi connectivity index (χ4n) is 0. The van der Waals surface area contributed by atoms with Crippen LogP contribution in [0.1, 0.15) is 13.8 Å². The highest BCUT2D eigenvalue weighted by atomic mass is 16.2. The number of hydrogen-bond donors (Lipinski definition) is 3. The van der Waals surface area contributed by atoms with E-state index in [1.807, 2.05) is 13.8 Å². The van der Waals surface area contributed by atoms with E-state index in [-0.39, 0.29) is 0 Å². The van der Waals surface area contributed by atoms with Crippen molar-refractivity contribution >= 4 is 12.1 Å². The van der Waals surface area contributed by atoms with Gasteiger partial charge in [-0.1, -0.05) is 5.57 Å².